The Hall–Kier alpha value is -1.81. The molecule has 0 bridgehead atoms. The zero-order chi connectivity index (χ0) is 15.5. The summed E-state index contributed by atoms with van der Waals surface area (Å²) in [7, 11) is 0. The molecular weight excluding hydrogens is 290 g/mol. The summed E-state index contributed by atoms with van der Waals surface area (Å²) < 4.78 is 0. The van der Waals surface area contributed by atoms with E-state index in [1.807, 2.05) is 13.8 Å². The summed E-state index contributed by atoms with van der Waals surface area (Å²) in [5, 5.41) is 1.02. The predicted molar refractivity (Wildman–Crippen MR) is 94.4 cm³/mol. The lowest BCUT2D eigenvalue weighted by Gasteiger charge is -2.04. The number of nitrogens with one attached hydrogen (secondary N) is 1. The lowest BCUT2D eigenvalue weighted by molar-refractivity contribution is 0.893. The van der Waals surface area contributed by atoms with E-state index in [0.717, 1.165) is 33.3 Å². The van der Waals surface area contributed by atoms with Crippen LogP contribution >= 0.6 is 11.8 Å². The zero-order valence-electron chi connectivity index (χ0n) is 13.3. The predicted octanol–water partition coefficient (Wildman–Crippen LogP) is 5.13. The Labute approximate surface area is 135 Å². The van der Waals surface area contributed by atoms with Crippen LogP contribution in [-0.4, -0.2) is 20.7 Å². The van der Waals surface area contributed by atoms with Crippen molar-refractivity contribution in [1.82, 2.24) is 15.0 Å². The van der Waals surface area contributed by atoms with Crippen molar-refractivity contribution in [2.45, 2.75) is 38.8 Å². The average Bonchev–Trinajstić information content (AvgIpc) is 2.88. The van der Waals surface area contributed by atoms with E-state index in [0.29, 0.717) is 0 Å². The molecule has 1 N–H and O–H groups in total. The van der Waals surface area contributed by atoms with Gasteiger partial charge in [-0.3, -0.25) is 4.98 Å². The molecule has 0 aliphatic heterocycles. The van der Waals surface area contributed by atoms with E-state index in [-0.39, 0.29) is 0 Å². The second-order valence-corrected chi connectivity index (χ2v) is 6.70. The quantitative estimate of drug-likeness (QED) is 0.524. The molecule has 0 aliphatic carbocycles. The molecule has 0 fully saturated rings. The highest BCUT2D eigenvalue weighted by Crippen LogP contribution is 2.26. The summed E-state index contributed by atoms with van der Waals surface area (Å²) in [5.74, 6) is 1.12. The third kappa shape index (κ3) is 3.33. The number of hydrogen-bond donors (Lipinski definition) is 1. The molecule has 0 radical (unpaired) electrons. The lowest BCUT2D eigenvalue weighted by atomic mass is 10.0. The van der Waals surface area contributed by atoms with Gasteiger partial charge in [0.1, 0.15) is 0 Å². The van der Waals surface area contributed by atoms with Crippen LogP contribution in [0.3, 0.4) is 0 Å². The molecule has 0 spiro atoms. The number of hydrogen-bond acceptors (Lipinski definition) is 3. The summed E-state index contributed by atoms with van der Waals surface area (Å²) in [6.07, 6.45) is 2.45. The van der Waals surface area contributed by atoms with Gasteiger partial charge in [-0.15, -0.1) is 0 Å². The first kappa shape index (κ1) is 15.1. The van der Waals surface area contributed by atoms with Crippen molar-refractivity contribution in [3.63, 3.8) is 0 Å². The van der Waals surface area contributed by atoms with Gasteiger partial charge in [-0.1, -0.05) is 31.2 Å². The summed E-state index contributed by atoms with van der Waals surface area (Å²) in [5.41, 5.74) is 6.63. The minimum Gasteiger partial charge on any atom is -0.333 e. The average molecular weight is 311 g/mol. The number of imidazole rings is 1. The van der Waals surface area contributed by atoms with Crippen molar-refractivity contribution in [3.8, 4) is 11.1 Å². The molecule has 4 heteroatoms. The van der Waals surface area contributed by atoms with E-state index in [9.17, 15) is 0 Å². The molecule has 114 valence electrons. The highest BCUT2D eigenvalue weighted by molar-refractivity contribution is 7.99. The monoisotopic (exact) mass is 311 g/mol. The molecule has 22 heavy (non-hydrogen) atoms. The van der Waals surface area contributed by atoms with Crippen molar-refractivity contribution in [2.75, 3.05) is 5.75 Å². The van der Waals surface area contributed by atoms with E-state index < -0.39 is 0 Å². The molecule has 0 saturated heterocycles. The topological polar surface area (TPSA) is 41.6 Å². The van der Waals surface area contributed by atoms with Gasteiger partial charge in [0.2, 0.25) is 0 Å². The second kappa shape index (κ2) is 6.53. The van der Waals surface area contributed by atoms with Crippen LogP contribution in [-0.2, 0) is 0 Å². The molecule has 3 aromatic rings. The molecule has 3 rings (SSSR count). The number of aromatic nitrogens is 3. The van der Waals surface area contributed by atoms with Gasteiger partial charge < -0.3 is 4.98 Å². The minimum atomic E-state index is 1.02. The molecule has 2 heterocycles. The van der Waals surface area contributed by atoms with Gasteiger partial charge in [0.15, 0.2) is 5.16 Å². The van der Waals surface area contributed by atoms with Crippen LogP contribution in [0.2, 0.25) is 0 Å². The Morgan fingerprint density at radius 3 is 2.50 bits per heavy atom. The fraction of sp³-hybridized carbons (Fsp3) is 0.333. The smallest absolute Gasteiger partial charge is 0.166 e. The van der Waals surface area contributed by atoms with Gasteiger partial charge in [0, 0.05) is 17.1 Å². The number of pyridine rings is 1. The lowest BCUT2D eigenvalue weighted by Crippen LogP contribution is -1.88. The number of aromatic amines is 1. The van der Waals surface area contributed by atoms with Gasteiger partial charge in [-0.05, 0) is 55.7 Å². The number of H-pyrrole nitrogens is 1. The van der Waals surface area contributed by atoms with Crippen LogP contribution < -0.4 is 0 Å². The van der Waals surface area contributed by atoms with E-state index in [1.165, 1.54) is 24.0 Å². The minimum absolute atomic E-state index is 1.02. The standard InChI is InChI=1S/C18H21N3S/c1-4-5-8-22-18-20-16-7-6-14(11-17(16)21-18)15-9-12(2)19-13(3)10-15/h6-7,9-11H,4-5,8H2,1-3H3,(H,20,21). The summed E-state index contributed by atoms with van der Waals surface area (Å²) in [4.78, 5) is 12.5. The van der Waals surface area contributed by atoms with Crippen LogP contribution in [0.4, 0.5) is 0 Å². The number of benzene rings is 1. The van der Waals surface area contributed by atoms with Crippen molar-refractivity contribution in [1.29, 1.82) is 0 Å². The molecule has 0 amide bonds. The molecule has 0 atom stereocenters. The zero-order valence-corrected chi connectivity index (χ0v) is 14.1. The molecule has 0 saturated carbocycles. The maximum Gasteiger partial charge on any atom is 0.166 e. The maximum atomic E-state index is 4.71. The number of rotatable bonds is 5. The molecule has 0 unspecified atom stereocenters. The van der Waals surface area contributed by atoms with Crippen LogP contribution in [0.1, 0.15) is 31.2 Å². The van der Waals surface area contributed by atoms with Crippen molar-refractivity contribution in [2.24, 2.45) is 0 Å². The largest absolute Gasteiger partial charge is 0.333 e. The van der Waals surface area contributed by atoms with Crippen molar-refractivity contribution < 1.29 is 0 Å². The fourth-order valence-electron chi connectivity index (χ4n) is 2.54. The first-order chi connectivity index (χ1) is 10.7. The van der Waals surface area contributed by atoms with E-state index in [2.05, 4.69) is 47.2 Å². The summed E-state index contributed by atoms with van der Waals surface area (Å²) >= 11 is 1.80. The third-order valence-electron chi connectivity index (χ3n) is 3.61. The van der Waals surface area contributed by atoms with E-state index in [1.54, 1.807) is 11.8 Å². The van der Waals surface area contributed by atoms with Gasteiger partial charge >= 0.3 is 0 Å². The van der Waals surface area contributed by atoms with E-state index >= 15 is 0 Å². The van der Waals surface area contributed by atoms with Crippen molar-refractivity contribution >= 4 is 22.8 Å². The number of nitrogens with zero attached hydrogens (tertiary/aromatic N) is 2. The maximum absolute atomic E-state index is 4.71. The van der Waals surface area contributed by atoms with Gasteiger partial charge in [0.25, 0.3) is 0 Å². The Balaban J connectivity index is 1.92. The SMILES string of the molecule is CCCCSc1nc2cc(-c3cc(C)nc(C)c3)ccc2[nH]1. The number of aryl methyl sites for hydroxylation is 2. The summed E-state index contributed by atoms with van der Waals surface area (Å²) in [6.45, 7) is 6.28. The van der Waals surface area contributed by atoms with Gasteiger partial charge in [-0.2, -0.15) is 0 Å². The Morgan fingerprint density at radius 1 is 1.00 bits per heavy atom. The highest BCUT2D eigenvalue weighted by atomic mass is 32.2. The van der Waals surface area contributed by atoms with Gasteiger partial charge in [0.05, 0.1) is 11.0 Å². The Kier molecular flexibility index (Phi) is 4.48. The number of fused-ring (bicyclic) bond motifs is 1. The number of thioether (sulfide) groups is 1. The third-order valence-corrected chi connectivity index (χ3v) is 4.57. The first-order valence-corrected chi connectivity index (χ1v) is 8.72. The van der Waals surface area contributed by atoms with Crippen molar-refractivity contribution in [3.05, 3.63) is 41.7 Å². The number of unbranched alkanes of at least 4 members (excludes halogenated alkanes) is 1. The molecular formula is C18H21N3S. The van der Waals surface area contributed by atoms with Gasteiger partial charge in [-0.25, -0.2) is 4.98 Å². The Bertz CT molecular complexity index is 772. The molecule has 2 aromatic heterocycles. The normalized spacial score (nSPS) is 11.2. The molecule has 0 aliphatic rings. The highest BCUT2D eigenvalue weighted by Gasteiger charge is 2.06. The fourth-order valence-corrected chi connectivity index (χ4v) is 3.52. The van der Waals surface area contributed by atoms with E-state index in [4.69, 9.17) is 4.98 Å². The Morgan fingerprint density at radius 2 is 1.77 bits per heavy atom. The molecule has 3 nitrogen and oxygen atoms in total. The van der Waals surface area contributed by atoms with Crippen LogP contribution in [0, 0.1) is 13.8 Å². The molecule has 1 aromatic carbocycles. The summed E-state index contributed by atoms with van der Waals surface area (Å²) in [6, 6.07) is 10.7. The van der Waals surface area contributed by atoms with Crippen LogP contribution in [0.5, 0.6) is 0 Å². The first-order valence-electron chi connectivity index (χ1n) is 7.74. The second-order valence-electron chi connectivity index (χ2n) is 5.61. The van der Waals surface area contributed by atoms with Crippen LogP contribution in [0.15, 0.2) is 35.5 Å². The van der Waals surface area contributed by atoms with Crippen LogP contribution in [0.25, 0.3) is 22.2 Å².